The first kappa shape index (κ1) is 17.8. The number of hydrogen-bond donors (Lipinski definition) is 1. The molecule has 0 radical (unpaired) electrons. The minimum Gasteiger partial charge on any atom is -0.385 e. The van der Waals surface area contributed by atoms with Crippen LogP contribution in [0.3, 0.4) is 0 Å². The van der Waals surface area contributed by atoms with Crippen LogP contribution in [0.15, 0.2) is 24.3 Å². The minimum absolute atomic E-state index is 0.000417. The summed E-state index contributed by atoms with van der Waals surface area (Å²) in [6, 6.07) is 5.75. The highest BCUT2D eigenvalue weighted by Gasteiger charge is 2.29. The number of amides is 1. The van der Waals surface area contributed by atoms with Gasteiger partial charge in [-0.15, -0.1) is 0 Å². The summed E-state index contributed by atoms with van der Waals surface area (Å²) in [6.07, 6.45) is 0.737. The molecule has 2 rings (SSSR count). The Hall–Kier alpha value is -1.50. The maximum Gasteiger partial charge on any atom is 0.242 e. The molecule has 0 bridgehead atoms. The van der Waals surface area contributed by atoms with Gasteiger partial charge < -0.3 is 14.8 Å². The first-order valence-electron chi connectivity index (χ1n) is 7.98. The number of rotatable bonds is 7. The second-order valence-corrected chi connectivity index (χ2v) is 5.80. The van der Waals surface area contributed by atoms with Crippen molar-refractivity contribution < 1.29 is 18.7 Å². The highest BCUT2D eigenvalue weighted by molar-refractivity contribution is 5.83. The van der Waals surface area contributed by atoms with Gasteiger partial charge in [-0.3, -0.25) is 9.69 Å². The second-order valence-electron chi connectivity index (χ2n) is 5.80. The van der Waals surface area contributed by atoms with Crippen LogP contribution in [-0.4, -0.2) is 56.9 Å². The Bertz CT molecular complexity index is 506. The van der Waals surface area contributed by atoms with E-state index in [-0.39, 0.29) is 17.8 Å². The van der Waals surface area contributed by atoms with Crippen molar-refractivity contribution in [1.82, 2.24) is 10.2 Å². The molecule has 1 aliphatic heterocycles. The van der Waals surface area contributed by atoms with Crippen LogP contribution < -0.4 is 5.32 Å². The molecular formula is C17H25FN2O3. The summed E-state index contributed by atoms with van der Waals surface area (Å²) in [4.78, 5) is 14.8. The molecule has 1 aromatic rings. The number of carbonyl (C=O) groups is 1. The third-order valence-corrected chi connectivity index (χ3v) is 3.97. The molecule has 2 atom stereocenters. The summed E-state index contributed by atoms with van der Waals surface area (Å²) in [7, 11) is 1.64. The van der Waals surface area contributed by atoms with Crippen LogP contribution >= 0.6 is 0 Å². The summed E-state index contributed by atoms with van der Waals surface area (Å²) in [6.45, 7) is 5.00. The van der Waals surface area contributed by atoms with Gasteiger partial charge in [0, 0.05) is 32.8 Å². The molecule has 0 spiro atoms. The molecule has 1 aliphatic rings. The normalized spacial score (nSPS) is 18.4. The zero-order chi connectivity index (χ0) is 16.7. The second kappa shape index (κ2) is 8.96. The number of ether oxygens (including phenoxy) is 2. The monoisotopic (exact) mass is 324 g/mol. The maximum absolute atomic E-state index is 13.6. The lowest BCUT2D eigenvalue weighted by Gasteiger charge is -2.34. The number of carbonyl (C=O) groups excluding carboxylic acids is 1. The van der Waals surface area contributed by atoms with Gasteiger partial charge in [0.15, 0.2) is 0 Å². The van der Waals surface area contributed by atoms with E-state index >= 15 is 0 Å². The predicted molar refractivity (Wildman–Crippen MR) is 85.6 cm³/mol. The fraction of sp³-hybridized carbons (Fsp3) is 0.588. The molecule has 1 saturated heterocycles. The van der Waals surface area contributed by atoms with Crippen LogP contribution in [0.5, 0.6) is 0 Å². The van der Waals surface area contributed by atoms with Crippen LogP contribution in [0.2, 0.25) is 0 Å². The number of morpholine rings is 1. The van der Waals surface area contributed by atoms with Gasteiger partial charge in [0.1, 0.15) is 11.9 Å². The number of methoxy groups -OCH3 is 1. The molecule has 1 aromatic carbocycles. The summed E-state index contributed by atoms with van der Waals surface area (Å²) in [5, 5.41) is 3.01. The number of nitrogens with one attached hydrogen (secondary N) is 1. The molecule has 0 unspecified atom stereocenters. The number of hydrogen-bond acceptors (Lipinski definition) is 4. The Morgan fingerprint density at radius 1 is 1.43 bits per heavy atom. The van der Waals surface area contributed by atoms with Crippen LogP contribution in [0.1, 0.15) is 24.9 Å². The van der Waals surface area contributed by atoms with Crippen LogP contribution in [0.4, 0.5) is 4.39 Å². The Balaban J connectivity index is 2.13. The summed E-state index contributed by atoms with van der Waals surface area (Å²) in [5.74, 6) is -0.443. The molecule has 5 nitrogen and oxygen atoms in total. The third kappa shape index (κ3) is 5.27. The highest BCUT2D eigenvalue weighted by Crippen LogP contribution is 2.23. The zero-order valence-corrected chi connectivity index (χ0v) is 13.8. The lowest BCUT2D eigenvalue weighted by atomic mass is 10.0. The first-order valence-corrected chi connectivity index (χ1v) is 7.98. The zero-order valence-electron chi connectivity index (χ0n) is 13.8. The van der Waals surface area contributed by atoms with Gasteiger partial charge >= 0.3 is 0 Å². The summed E-state index contributed by atoms with van der Waals surface area (Å²) >= 11 is 0. The van der Waals surface area contributed by atoms with Crippen molar-refractivity contribution >= 4 is 5.91 Å². The maximum atomic E-state index is 13.6. The van der Waals surface area contributed by atoms with Crippen molar-refractivity contribution in [3.05, 3.63) is 35.6 Å². The molecular weight excluding hydrogens is 299 g/mol. The van der Waals surface area contributed by atoms with Crippen LogP contribution in [-0.2, 0) is 14.3 Å². The predicted octanol–water partition coefficient (Wildman–Crippen LogP) is 1.74. The van der Waals surface area contributed by atoms with Crippen LogP contribution in [0.25, 0.3) is 0 Å². The Morgan fingerprint density at radius 2 is 2.17 bits per heavy atom. The summed E-state index contributed by atoms with van der Waals surface area (Å²) < 4.78 is 24.0. The van der Waals surface area contributed by atoms with Gasteiger partial charge in [-0.25, -0.2) is 4.39 Å². The average Bonchev–Trinajstić information content (AvgIpc) is 2.54. The SMILES string of the molecule is COCC[C@@H](C)NC(=O)[C@@H](c1cccc(F)c1)N1CCOCC1. The van der Waals surface area contributed by atoms with Crippen molar-refractivity contribution in [3.63, 3.8) is 0 Å². The van der Waals surface area contributed by atoms with Gasteiger partial charge in [-0.05, 0) is 31.0 Å². The summed E-state index contributed by atoms with van der Waals surface area (Å²) in [5.41, 5.74) is 0.670. The molecule has 1 amide bonds. The van der Waals surface area contributed by atoms with Crippen molar-refractivity contribution in [1.29, 1.82) is 0 Å². The molecule has 1 N–H and O–H groups in total. The Morgan fingerprint density at radius 3 is 2.83 bits per heavy atom. The van der Waals surface area contributed by atoms with E-state index in [2.05, 4.69) is 5.32 Å². The molecule has 23 heavy (non-hydrogen) atoms. The average molecular weight is 324 g/mol. The van der Waals surface area contributed by atoms with E-state index in [1.165, 1.54) is 12.1 Å². The van der Waals surface area contributed by atoms with E-state index in [0.717, 1.165) is 6.42 Å². The fourth-order valence-electron chi connectivity index (χ4n) is 2.73. The van der Waals surface area contributed by atoms with Gasteiger partial charge in [0.05, 0.1) is 13.2 Å². The molecule has 128 valence electrons. The molecule has 6 heteroatoms. The fourth-order valence-corrected chi connectivity index (χ4v) is 2.73. The standard InChI is InChI=1S/C17H25FN2O3/c1-13(6-9-22-2)19-17(21)16(20-7-10-23-11-8-20)14-4-3-5-15(18)12-14/h3-5,12-13,16H,6-11H2,1-2H3,(H,19,21)/t13-,16-/m1/s1. The lowest BCUT2D eigenvalue weighted by molar-refractivity contribution is -0.129. The van der Waals surface area contributed by atoms with Crippen LogP contribution in [0, 0.1) is 5.82 Å². The lowest BCUT2D eigenvalue weighted by Crippen LogP contribution is -2.47. The van der Waals surface area contributed by atoms with Gasteiger partial charge in [-0.1, -0.05) is 12.1 Å². The molecule has 0 aromatic heterocycles. The Labute approximate surface area is 136 Å². The van der Waals surface area contributed by atoms with Gasteiger partial charge in [0.25, 0.3) is 0 Å². The number of nitrogens with zero attached hydrogens (tertiary/aromatic N) is 1. The van der Waals surface area contributed by atoms with E-state index < -0.39 is 6.04 Å². The van der Waals surface area contributed by atoms with E-state index in [9.17, 15) is 9.18 Å². The van der Waals surface area contributed by atoms with Crippen molar-refractivity contribution in [3.8, 4) is 0 Å². The van der Waals surface area contributed by atoms with Gasteiger partial charge in [0.2, 0.25) is 5.91 Å². The van der Waals surface area contributed by atoms with Crippen molar-refractivity contribution in [2.24, 2.45) is 0 Å². The van der Waals surface area contributed by atoms with E-state index in [4.69, 9.17) is 9.47 Å². The number of benzene rings is 1. The Kier molecular flexibility index (Phi) is 6.95. The quantitative estimate of drug-likeness (QED) is 0.830. The molecule has 0 saturated carbocycles. The van der Waals surface area contributed by atoms with Crippen molar-refractivity contribution in [2.75, 3.05) is 40.0 Å². The molecule has 1 heterocycles. The first-order chi connectivity index (χ1) is 11.1. The van der Waals surface area contributed by atoms with E-state index in [1.807, 2.05) is 11.8 Å². The smallest absolute Gasteiger partial charge is 0.242 e. The third-order valence-electron chi connectivity index (χ3n) is 3.97. The van der Waals surface area contributed by atoms with E-state index in [1.54, 1.807) is 19.2 Å². The minimum atomic E-state index is -0.500. The largest absolute Gasteiger partial charge is 0.385 e. The molecule has 0 aliphatic carbocycles. The van der Waals surface area contributed by atoms with Gasteiger partial charge in [-0.2, -0.15) is 0 Å². The number of halogens is 1. The topological polar surface area (TPSA) is 50.8 Å². The molecule has 1 fully saturated rings. The van der Waals surface area contributed by atoms with E-state index in [0.29, 0.717) is 38.5 Å². The highest BCUT2D eigenvalue weighted by atomic mass is 19.1. The van der Waals surface area contributed by atoms with Crippen molar-refractivity contribution in [2.45, 2.75) is 25.4 Å².